The molecule has 2 unspecified atom stereocenters. The zero-order valence-corrected chi connectivity index (χ0v) is 25.4. The average molecular weight is 542 g/mol. The summed E-state index contributed by atoms with van der Waals surface area (Å²) < 4.78 is 0. The predicted molar refractivity (Wildman–Crippen MR) is 164 cm³/mol. The smallest absolute Gasteiger partial charge is 0.165 e. The second-order valence-corrected chi connectivity index (χ2v) is 11.1. The summed E-state index contributed by atoms with van der Waals surface area (Å²) in [7, 11) is 0. The van der Waals surface area contributed by atoms with Crippen LogP contribution < -0.4 is 4.90 Å². The van der Waals surface area contributed by atoms with Crippen LogP contribution in [0.25, 0.3) is 0 Å². The number of unbranched alkanes of at least 4 members (excludes halogenated alkanes) is 2. The lowest BCUT2D eigenvalue weighted by Crippen LogP contribution is -2.34. The van der Waals surface area contributed by atoms with Crippen molar-refractivity contribution in [3.05, 3.63) is 53.1 Å². The van der Waals surface area contributed by atoms with Crippen LogP contribution in [0.2, 0.25) is 0 Å². The predicted octanol–water partition coefficient (Wildman–Crippen LogP) is 9.92. The van der Waals surface area contributed by atoms with Gasteiger partial charge in [-0.2, -0.15) is 15.6 Å². The Morgan fingerprint density at radius 3 is 1.73 bits per heavy atom. The standard InChI is InChI=1S/C34H47N5O/c1-7-11-13-26(9-3)23-39(24-27(10-4)14-12-8-2)32-17-15-31(16-18-32)37-38-33-29(21-35)19-28(20-30(33)22-36)34(40)25(5)6/h15-20,25-27H,7-14,23-24H2,1-6H3. The Labute approximate surface area is 242 Å². The van der Waals surface area contributed by atoms with Crippen molar-refractivity contribution in [1.29, 1.82) is 10.5 Å². The highest BCUT2D eigenvalue weighted by molar-refractivity contribution is 5.98. The molecule has 0 saturated heterocycles. The summed E-state index contributed by atoms with van der Waals surface area (Å²) in [6, 6.07) is 15.3. The summed E-state index contributed by atoms with van der Waals surface area (Å²) in [6.45, 7) is 14.8. The van der Waals surface area contributed by atoms with Gasteiger partial charge in [-0.1, -0.05) is 80.1 Å². The molecule has 0 saturated carbocycles. The summed E-state index contributed by atoms with van der Waals surface area (Å²) in [4.78, 5) is 15.0. The number of hydrogen-bond donors (Lipinski definition) is 0. The lowest BCUT2D eigenvalue weighted by Gasteiger charge is -2.32. The monoisotopic (exact) mass is 541 g/mol. The van der Waals surface area contributed by atoms with Crippen LogP contribution in [0.1, 0.15) is 114 Å². The van der Waals surface area contributed by atoms with Crippen molar-refractivity contribution in [3.8, 4) is 12.1 Å². The second-order valence-electron chi connectivity index (χ2n) is 11.1. The quantitative estimate of drug-likeness (QED) is 0.147. The number of anilines is 1. The molecule has 0 N–H and O–H groups in total. The van der Waals surface area contributed by atoms with Gasteiger partial charge in [-0.05, 0) is 61.1 Å². The number of nitriles is 2. The van der Waals surface area contributed by atoms with E-state index in [-0.39, 0.29) is 28.5 Å². The molecule has 40 heavy (non-hydrogen) atoms. The number of hydrogen-bond acceptors (Lipinski definition) is 6. The Kier molecular flexibility index (Phi) is 14.1. The third-order valence-corrected chi connectivity index (χ3v) is 7.68. The van der Waals surface area contributed by atoms with Crippen LogP contribution in [0.5, 0.6) is 0 Å². The molecule has 2 aromatic carbocycles. The van der Waals surface area contributed by atoms with Gasteiger partial charge in [0.2, 0.25) is 0 Å². The van der Waals surface area contributed by atoms with Crippen molar-refractivity contribution in [3.63, 3.8) is 0 Å². The van der Waals surface area contributed by atoms with E-state index in [0.717, 1.165) is 13.1 Å². The fourth-order valence-corrected chi connectivity index (χ4v) is 4.97. The van der Waals surface area contributed by atoms with Gasteiger partial charge in [-0.3, -0.25) is 4.79 Å². The fourth-order valence-electron chi connectivity index (χ4n) is 4.97. The molecular weight excluding hydrogens is 494 g/mol. The maximum Gasteiger partial charge on any atom is 0.165 e. The van der Waals surface area contributed by atoms with Crippen molar-refractivity contribution >= 4 is 22.8 Å². The Morgan fingerprint density at radius 1 is 0.825 bits per heavy atom. The highest BCUT2D eigenvalue weighted by Crippen LogP contribution is 2.30. The van der Waals surface area contributed by atoms with E-state index in [0.29, 0.717) is 23.1 Å². The number of rotatable bonds is 17. The summed E-state index contributed by atoms with van der Waals surface area (Å²) in [5.74, 6) is 0.989. The molecule has 0 fully saturated rings. The van der Waals surface area contributed by atoms with Crippen molar-refractivity contribution < 1.29 is 4.79 Å². The molecule has 0 radical (unpaired) electrons. The first-order valence-electron chi connectivity index (χ1n) is 15.1. The first-order chi connectivity index (χ1) is 19.3. The highest BCUT2D eigenvalue weighted by atomic mass is 16.1. The molecule has 0 heterocycles. The Hall–Kier alpha value is -3.51. The van der Waals surface area contributed by atoms with Crippen LogP contribution in [0, 0.1) is 40.4 Å². The van der Waals surface area contributed by atoms with E-state index in [9.17, 15) is 15.3 Å². The van der Waals surface area contributed by atoms with Gasteiger partial charge in [-0.15, -0.1) is 5.11 Å². The number of benzene rings is 2. The van der Waals surface area contributed by atoms with E-state index in [1.165, 1.54) is 69.2 Å². The summed E-state index contributed by atoms with van der Waals surface area (Å²) in [6.07, 6.45) is 9.85. The number of nitrogens with zero attached hydrogens (tertiary/aromatic N) is 5. The first-order valence-corrected chi connectivity index (χ1v) is 15.1. The van der Waals surface area contributed by atoms with E-state index in [1.807, 2.05) is 12.1 Å². The number of azo groups is 1. The lowest BCUT2D eigenvalue weighted by molar-refractivity contribution is 0.0939. The van der Waals surface area contributed by atoms with Crippen molar-refractivity contribution in [2.24, 2.45) is 28.0 Å². The van der Waals surface area contributed by atoms with E-state index in [1.54, 1.807) is 13.8 Å². The van der Waals surface area contributed by atoms with Gasteiger partial charge < -0.3 is 4.90 Å². The van der Waals surface area contributed by atoms with Crippen LogP contribution in [0.4, 0.5) is 17.1 Å². The van der Waals surface area contributed by atoms with E-state index >= 15 is 0 Å². The van der Waals surface area contributed by atoms with Gasteiger partial charge in [-0.25, -0.2) is 0 Å². The second kappa shape index (κ2) is 17.2. The fraction of sp³-hybridized carbons (Fsp3) is 0.559. The van der Waals surface area contributed by atoms with Crippen molar-refractivity contribution in [2.45, 2.75) is 92.9 Å². The maximum atomic E-state index is 12.5. The van der Waals surface area contributed by atoms with Gasteiger partial charge in [0.15, 0.2) is 5.78 Å². The highest BCUT2D eigenvalue weighted by Gasteiger charge is 2.19. The summed E-state index contributed by atoms with van der Waals surface area (Å²) in [5, 5.41) is 28.0. The van der Waals surface area contributed by atoms with Gasteiger partial charge in [0.1, 0.15) is 17.8 Å². The molecule has 0 aliphatic carbocycles. The lowest BCUT2D eigenvalue weighted by atomic mass is 9.95. The molecule has 0 aliphatic rings. The molecule has 6 heteroatoms. The third kappa shape index (κ3) is 9.60. The van der Waals surface area contributed by atoms with Crippen molar-refractivity contribution in [1.82, 2.24) is 0 Å². The minimum atomic E-state index is -0.234. The Morgan fingerprint density at radius 2 is 1.32 bits per heavy atom. The van der Waals surface area contributed by atoms with Crippen LogP contribution >= 0.6 is 0 Å². The van der Waals surface area contributed by atoms with Gasteiger partial charge in [0.05, 0.1) is 16.8 Å². The summed E-state index contributed by atoms with van der Waals surface area (Å²) >= 11 is 0. The Bertz CT molecular complexity index is 1130. The van der Waals surface area contributed by atoms with Crippen LogP contribution in [-0.4, -0.2) is 18.9 Å². The van der Waals surface area contributed by atoms with Gasteiger partial charge in [0.25, 0.3) is 0 Å². The first kappa shape index (κ1) is 32.7. The molecule has 2 atom stereocenters. The van der Waals surface area contributed by atoms with Gasteiger partial charge in [0, 0.05) is 30.3 Å². The number of carbonyl (C=O) groups is 1. The number of ketones is 1. The molecule has 214 valence electrons. The SMILES string of the molecule is CCCCC(CC)CN(CC(CC)CCCC)c1ccc(N=Nc2c(C#N)cc(C(=O)C(C)C)cc2C#N)cc1. The molecule has 2 aromatic rings. The normalized spacial score (nSPS) is 12.7. The minimum Gasteiger partial charge on any atom is -0.371 e. The molecule has 2 rings (SSSR count). The number of carbonyl (C=O) groups excluding carboxylic acids is 1. The van der Waals surface area contributed by atoms with E-state index < -0.39 is 0 Å². The zero-order chi connectivity index (χ0) is 29.5. The minimum absolute atomic E-state index is 0.114. The molecule has 0 spiro atoms. The van der Waals surface area contributed by atoms with Crippen LogP contribution in [0.3, 0.4) is 0 Å². The molecular formula is C34H47N5O. The van der Waals surface area contributed by atoms with Crippen molar-refractivity contribution in [2.75, 3.05) is 18.0 Å². The van der Waals surface area contributed by atoms with Crippen LogP contribution in [0.15, 0.2) is 46.6 Å². The number of Topliss-reactive ketones (excluding diaryl/α,β-unsaturated/α-hetero) is 1. The molecule has 0 amide bonds. The average Bonchev–Trinajstić information content (AvgIpc) is 2.98. The molecule has 0 bridgehead atoms. The third-order valence-electron chi connectivity index (χ3n) is 7.68. The van der Waals surface area contributed by atoms with E-state index in [4.69, 9.17) is 0 Å². The Balaban J connectivity index is 2.34. The summed E-state index contributed by atoms with van der Waals surface area (Å²) in [5.41, 5.74) is 2.72. The molecule has 6 nitrogen and oxygen atoms in total. The van der Waals surface area contributed by atoms with Crippen LogP contribution in [-0.2, 0) is 0 Å². The van der Waals surface area contributed by atoms with E-state index in [2.05, 4.69) is 67.1 Å². The largest absolute Gasteiger partial charge is 0.371 e. The molecule has 0 aromatic heterocycles. The topological polar surface area (TPSA) is 92.6 Å². The molecule has 0 aliphatic heterocycles. The zero-order valence-electron chi connectivity index (χ0n) is 25.4. The maximum absolute atomic E-state index is 12.5. The van der Waals surface area contributed by atoms with Gasteiger partial charge >= 0.3 is 0 Å².